The van der Waals surface area contributed by atoms with Crippen LogP contribution in [-0.2, 0) is 11.8 Å². The predicted molar refractivity (Wildman–Crippen MR) is 107 cm³/mol. The second-order valence-corrected chi connectivity index (χ2v) is 8.31. The molecule has 2 bridgehead atoms. The maximum Gasteiger partial charge on any atom is 0.246 e. The number of hydrogen-bond donors (Lipinski definition) is 0. The molecule has 3 aromatic rings. The minimum absolute atomic E-state index is 0.0321. The zero-order valence-electron chi connectivity index (χ0n) is 16.7. The van der Waals surface area contributed by atoms with Crippen molar-refractivity contribution in [2.75, 3.05) is 7.05 Å². The van der Waals surface area contributed by atoms with Gasteiger partial charge >= 0.3 is 0 Å². The number of aryl methyl sites for hydroxylation is 1. The van der Waals surface area contributed by atoms with E-state index in [1.54, 1.807) is 21.6 Å². The van der Waals surface area contributed by atoms with Crippen LogP contribution in [0.4, 0.5) is 0 Å². The van der Waals surface area contributed by atoms with Crippen molar-refractivity contribution >= 4 is 11.4 Å². The van der Waals surface area contributed by atoms with E-state index >= 15 is 0 Å². The molecule has 29 heavy (non-hydrogen) atoms. The molecule has 0 radical (unpaired) electrons. The molecule has 0 saturated heterocycles. The summed E-state index contributed by atoms with van der Waals surface area (Å²) < 4.78 is 10.1. The van der Waals surface area contributed by atoms with Gasteiger partial charge in [0.2, 0.25) is 11.8 Å². The van der Waals surface area contributed by atoms with Gasteiger partial charge in [-0.1, -0.05) is 6.58 Å². The van der Waals surface area contributed by atoms with Crippen molar-refractivity contribution in [3.05, 3.63) is 43.5 Å². The Morgan fingerprint density at radius 3 is 2.86 bits per heavy atom. The summed E-state index contributed by atoms with van der Waals surface area (Å²) >= 11 is 0. The van der Waals surface area contributed by atoms with Gasteiger partial charge in [0, 0.05) is 38.7 Å². The average Bonchev–Trinajstić information content (AvgIpc) is 3.35. The van der Waals surface area contributed by atoms with Crippen molar-refractivity contribution in [2.24, 2.45) is 7.05 Å². The van der Waals surface area contributed by atoms with E-state index in [1.165, 1.54) is 6.08 Å². The van der Waals surface area contributed by atoms with Crippen LogP contribution in [0.25, 0.3) is 16.8 Å². The second kappa shape index (κ2) is 6.17. The molecule has 3 heterocycles. The Hall–Kier alpha value is -3.16. The topological polar surface area (TPSA) is 77.6 Å². The highest BCUT2D eigenvalue weighted by molar-refractivity contribution is 5.87. The zero-order chi connectivity index (χ0) is 20.2. The minimum Gasteiger partial charge on any atom is -0.469 e. The Kier molecular flexibility index (Phi) is 3.81. The molecule has 1 amide bonds. The van der Waals surface area contributed by atoms with E-state index in [4.69, 9.17) is 9.72 Å². The lowest BCUT2D eigenvalue weighted by molar-refractivity contribution is -0.172. The standard InChI is InChI=1S/C21H24N6O2/c1-4-18(28)26(3)20-7-5-8-21(13-20,14-20)29-19-17-6-9-22-27(17)12-16(24-19)15-10-23-25(2)11-15/h4,6,9-12H,1,5,7-8,13-14H2,2-3H3. The normalized spacial score (nSPS) is 25.4. The van der Waals surface area contributed by atoms with Crippen molar-refractivity contribution in [3.8, 4) is 17.1 Å². The molecule has 3 aliphatic rings. The summed E-state index contributed by atoms with van der Waals surface area (Å²) in [5.74, 6) is 0.549. The van der Waals surface area contributed by atoms with Crippen LogP contribution in [0.15, 0.2) is 43.5 Å². The molecule has 3 aromatic heterocycles. The molecule has 0 N–H and O–H groups in total. The first-order valence-electron chi connectivity index (χ1n) is 9.86. The summed E-state index contributed by atoms with van der Waals surface area (Å²) in [7, 11) is 3.75. The molecule has 0 atom stereocenters. The zero-order valence-corrected chi connectivity index (χ0v) is 16.7. The highest BCUT2D eigenvalue weighted by atomic mass is 16.5. The maximum absolute atomic E-state index is 12.2. The fraction of sp³-hybridized carbons (Fsp3) is 0.429. The summed E-state index contributed by atoms with van der Waals surface area (Å²) in [5, 5.41) is 8.62. The van der Waals surface area contributed by atoms with Gasteiger partial charge in [-0.05, 0) is 31.4 Å². The molecule has 0 unspecified atom stereocenters. The third-order valence-corrected chi connectivity index (χ3v) is 6.46. The van der Waals surface area contributed by atoms with Crippen LogP contribution in [0.5, 0.6) is 5.88 Å². The molecule has 8 nitrogen and oxygen atoms in total. The smallest absolute Gasteiger partial charge is 0.246 e. The maximum atomic E-state index is 12.2. The Labute approximate surface area is 168 Å². The number of fused-ring (bicyclic) bond motifs is 3. The van der Waals surface area contributed by atoms with Crippen molar-refractivity contribution in [2.45, 2.75) is 43.2 Å². The van der Waals surface area contributed by atoms with E-state index in [1.807, 2.05) is 37.5 Å². The third kappa shape index (κ3) is 2.73. The van der Waals surface area contributed by atoms with Crippen LogP contribution in [0.3, 0.4) is 0 Å². The number of aromatic nitrogens is 5. The van der Waals surface area contributed by atoms with Gasteiger partial charge in [0.15, 0.2) is 0 Å². The van der Waals surface area contributed by atoms with E-state index in [9.17, 15) is 4.79 Å². The van der Waals surface area contributed by atoms with Gasteiger partial charge in [-0.3, -0.25) is 9.48 Å². The summed E-state index contributed by atoms with van der Waals surface area (Å²) in [6.07, 6.45) is 13.3. The van der Waals surface area contributed by atoms with E-state index in [-0.39, 0.29) is 17.0 Å². The molecule has 8 heteroatoms. The number of carbonyl (C=O) groups excluding carboxylic acids is 1. The highest BCUT2D eigenvalue weighted by Gasteiger charge is 2.62. The predicted octanol–water partition coefficient (Wildman–Crippen LogP) is 2.61. The van der Waals surface area contributed by atoms with E-state index in [0.717, 1.165) is 48.9 Å². The second-order valence-electron chi connectivity index (χ2n) is 8.31. The van der Waals surface area contributed by atoms with Crippen molar-refractivity contribution in [1.29, 1.82) is 0 Å². The van der Waals surface area contributed by atoms with Gasteiger partial charge in [0.25, 0.3) is 0 Å². The van der Waals surface area contributed by atoms with Gasteiger partial charge in [-0.2, -0.15) is 10.2 Å². The SMILES string of the molecule is C=CC(=O)N(C)C12CCCC(Oc3nc(-c4cnn(C)c4)cn4nccc34)(C1)C2. The monoisotopic (exact) mass is 392 g/mol. The lowest BCUT2D eigenvalue weighted by Gasteiger charge is -2.62. The minimum atomic E-state index is -0.292. The Bertz CT molecular complexity index is 1110. The fourth-order valence-electron chi connectivity index (χ4n) is 5.01. The molecule has 3 aliphatic carbocycles. The van der Waals surface area contributed by atoms with Gasteiger partial charge in [0.1, 0.15) is 11.1 Å². The van der Waals surface area contributed by atoms with Gasteiger partial charge < -0.3 is 9.64 Å². The molecular formula is C21H24N6O2. The number of amides is 1. The summed E-state index contributed by atoms with van der Waals surface area (Å²) in [4.78, 5) is 18.8. The van der Waals surface area contributed by atoms with E-state index < -0.39 is 0 Å². The largest absolute Gasteiger partial charge is 0.469 e. The van der Waals surface area contributed by atoms with Crippen LogP contribution in [0.2, 0.25) is 0 Å². The third-order valence-electron chi connectivity index (χ3n) is 6.46. The first-order chi connectivity index (χ1) is 13.9. The molecule has 3 fully saturated rings. The number of hydrogen-bond acceptors (Lipinski definition) is 5. The molecule has 0 aromatic carbocycles. The van der Waals surface area contributed by atoms with Gasteiger partial charge in [0.05, 0.1) is 29.8 Å². The first kappa shape index (κ1) is 17.9. The number of carbonyl (C=O) groups is 1. The summed E-state index contributed by atoms with van der Waals surface area (Å²) in [6.45, 7) is 3.63. The van der Waals surface area contributed by atoms with Crippen molar-refractivity contribution < 1.29 is 9.53 Å². The quantitative estimate of drug-likeness (QED) is 0.624. The average molecular weight is 392 g/mol. The van der Waals surface area contributed by atoms with Crippen molar-refractivity contribution in [3.63, 3.8) is 0 Å². The number of likely N-dealkylation sites (N-methyl/N-ethyl adjacent to an activating group) is 1. The first-order valence-corrected chi connectivity index (χ1v) is 9.86. The lowest BCUT2D eigenvalue weighted by Crippen LogP contribution is -2.70. The van der Waals surface area contributed by atoms with Crippen LogP contribution < -0.4 is 4.74 Å². The molecule has 0 spiro atoms. The van der Waals surface area contributed by atoms with E-state index in [0.29, 0.717) is 5.88 Å². The molecular weight excluding hydrogens is 368 g/mol. The number of rotatable bonds is 5. The Morgan fingerprint density at radius 2 is 2.14 bits per heavy atom. The number of nitrogens with zero attached hydrogens (tertiary/aromatic N) is 6. The molecule has 0 aliphatic heterocycles. The van der Waals surface area contributed by atoms with Crippen LogP contribution in [0.1, 0.15) is 32.1 Å². The summed E-state index contributed by atoms with van der Waals surface area (Å²) in [6, 6.07) is 1.91. The van der Waals surface area contributed by atoms with Crippen LogP contribution >= 0.6 is 0 Å². The fourth-order valence-corrected chi connectivity index (χ4v) is 5.01. The number of ether oxygens (including phenoxy) is 1. The van der Waals surface area contributed by atoms with Crippen LogP contribution in [0, 0.1) is 0 Å². The molecule has 150 valence electrons. The van der Waals surface area contributed by atoms with Gasteiger partial charge in [-0.25, -0.2) is 9.50 Å². The van der Waals surface area contributed by atoms with Crippen LogP contribution in [-0.4, -0.2) is 53.4 Å². The molecule has 6 rings (SSSR count). The Balaban J connectivity index is 1.47. The van der Waals surface area contributed by atoms with Gasteiger partial charge in [-0.15, -0.1) is 0 Å². The van der Waals surface area contributed by atoms with E-state index in [2.05, 4.69) is 16.8 Å². The summed E-state index contributed by atoms with van der Waals surface area (Å²) in [5.41, 5.74) is 2.09. The highest BCUT2D eigenvalue weighted by Crippen LogP contribution is 2.57. The molecule has 3 saturated carbocycles. The van der Waals surface area contributed by atoms with Crippen molar-refractivity contribution in [1.82, 2.24) is 29.3 Å². The lowest BCUT2D eigenvalue weighted by atomic mass is 9.55. The Morgan fingerprint density at radius 1 is 1.31 bits per heavy atom.